The van der Waals surface area contributed by atoms with Crippen molar-refractivity contribution in [3.05, 3.63) is 36.3 Å². The van der Waals surface area contributed by atoms with Crippen molar-refractivity contribution in [3.8, 4) is 0 Å². The van der Waals surface area contributed by atoms with Crippen LogP contribution in [0.25, 0.3) is 21.9 Å². The third-order valence-electron chi connectivity index (χ3n) is 6.52. The lowest BCUT2D eigenvalue weighted by Crippen LogP contribution is -2.39. The number of alkyl carbamates (subject to hydrolysis) is 1. The maximum Gasteiger partial charge on any atom is 0.407 e. The number of pyridine rings is 1. The molecule has 0 bridgehead atoms. The van der Waals surface area contributed by atoms with Gasteiger partial charge in [0, 0.05) is 37.1 Å². The minimum Gasteiger partial charge on any atom is -0.450 e. The number of carbonyl (C=O) groups excluding carboxylic acids is 1. The molecule has 33 heavy (non-hydrogen) atoms. The van der Waals surface area contributed by atoms with E-state index in [1.807, 2.05) is 12.3 Å². The molecule has 1 amide bonds. The first-order valence-corrected chi connectivity index (χ1v) is 12.1. The summed E-state index contributed by atoms with van der Waals surface area (Å²) in [5.74, 6) is 1.07. The number of imidazole rings is 1. The fourth-order valence-corrected chi connectivity index (χ4v) is 4.80. The lowest BCUT2D eigenvalue weighted by Gasteiger charge is -2.34. The van der Waals surface area contributed by atoms with Gasteiger partial charge in [0.2, 0.25) is 0 Å². The maximum atomic E-state index is 12.2. The number of nitrogens with one attached hydrogen (secondary N) is 1. The van der Waals surface area contributed by atoms with Crippen molar-refractivity contribution in [1.82, 2.24) is 19.9 Å². The summed E-state index contributed by atoms with van der Waals surface area (Å²) in [6.45, 7) is 10.7. The van der Waals surface area contributed by atoms with E-state index in [2.05, 4.69) is 60.8 Å². The summed E-state index contributed by atoms with van der Waals surface area (Å²) in [6, 6.07) is 8.63. The topological polar surface area (TPSA) is 78.3 Å². The molecule has 1 aliphatic heterocycles. The van der Waals surface area contributed by atoms with Crippen LogP contribution in [0.3, 0.4) is 0 Å². The van der Waals surface area contributed by atoms with E-state index < -0.39 is 0 Å². The first-order chi connectivity index (χ1) is 15.9. The van der Waals surface area contributed by atoms with E-state index in [0.717, 1.165) is 59.9 Å². The van der Waals surface area contributed by atoms with E-state index >= 15 is 0 Å². The highest BCUT2D eigenvalue weighted by Crippen LogP contribution is 2.39. The zero-order valence-electron chi connectivity index (χ0n) is 20.3. The van der Waals surface area contributed by atoms with Crippen LogP contribution in [0, 0.1) is 5.41 Å². The molecule has 2 aromatic heterocycles. The fourth-order valence-electron chi connectivity index (χ4n) is 4.80. The summed E-state index contributed by atoms with van der Waals surface area (Å²) in [7, 11) is 0. The molecule has 7 nitrogen and oxygen atoms in total. The molecular formula is C26H36N4O3. The van der Waals surface area contributed by atoms with Gasteiger partial charge in [-0.2, -0.15) is 0 Å². The van der Waals surface area contributed by atoms with Gasteiger partial charge in [0.1, 0.15) is 11.3 Å². The zero-order chi connectivity index (χ0) is 23.4. The monoisotopic (exact) mass is 452 g/mol. The Morgan fingerprint density at radius 1 is 1.24 bits per heavy atom. The van der Waals surface area contributed by atoms with E-state index in [0.29, 0.717) is 19.8 Å². The number of hydrogen-bond donors (Lipinski definition) is 1. The molecule has 7 heteroatoms. The number of rotatable bonds is 7. The Balaban J connectivity index is 1.52. The van der Waals surface area contributed by atoms with E-state index in [9.17, 15) is 4.79 Å². The van der Waals surface area contributed by atoms with Crippen LogP contribution in [-0.4, -0.2) is 46.5 Å². The van der Waals surface area contributed by atoms with Gasteiger partial charge in [-0.05, 0) is 37.2 Å². The Morgan fingerprint density at radius 3 is 2.73 bits per heavy atom. The predicted octanol–water partition coefficient (Wildman–Crippen LogP) is 5.42. The highest BCUT2D eigenvalue weighted by Gasteiger charge is 2.30. The van der Waals surface area contributed by atoms with Crippen molar-refractivity contribution < 1.29 is 14.3 Å². The summed E-state index contributed by atoms with van der Waals surface area (Å²) in [5.41, 5.74) is 3.07. The first kappa shape index (κ1) is 23.5. The number of aromatic nitrogens is 3. The van der Waals surface area contributed by atoms with Crippen LogP contribution in [0.5, 0.6) is 0 Å². The molecule has 1 unspecified atom stereocenters. The second-order valence-corrected chi connectivity index (χ2v) is 9.95. The lowest BCUT2D eigenvalue weighted by atomic mass is 9.83. The van der Waals surface area contributed by atoms with Crippen LogP contribution in [0.1, 0.15) is 65.2 Å². The molecule has 1 saturated heterocycles. The van der Waals surface area contributed by atoms with Crippen molar-refractivity contribution in [2.75, 3.05) is 19.8 Å². The Kier molecular flexibility index (Phi) is 7.17. The smallest absolute Gasteiger partial charge is 0.407 e. The SMILES string of the molecule is CCc1nc2cnc3ccccc3c2n1C(CCCOC(=O)NC1CCOCC1)C(C)(C)C. The molecular weight excluding hydrogens is 416 g/mol. The molecule has 178 valence electrons. The average molecular weight is 453 g/mol. The zero-order valence-corrected chi connectivity index (χ0v) is 20.3. The van der Waals surface area contributed by atoms with Crippen LogP contribution in [0.4, 0.5) is 4.79 Å². The van der Waals surface area contributed by atoms with Gasteiger partial charge in [-0.25, -0.2) is 9.78 Å². The summed E-state index contributed by atoms with van der Waals surface area (Å²) in [5, 5.41) is 4.09. The minimum absolute atomic E-state index is 0.00623. The van der Waals surface area contributed by atoms with E-state index in [1.165, 1.54) is 0 Å². The van der Waals surface area contributed by atoms with Crippen LogP contribution in [0.15, 0.2) is 30.5 Å². The standard InChI is InChI=1S/C26H36N4O3/c1-5-23-29-21-17-27-20-10-7-6-9-19(20)24(21)30(23)22(26(2,3)4)11-8-14-33-25(31)28-18-12-15-32-16-13-18/h6-7,9-10,17-18,22H,5,8,11-16H2,1-4H3,(H,28,31). The number of amides is 1. The Hall–Kier alpha value is -2.67. The molecule has 1 N–H and O–H groups in total. The number of benzene rings is 1. The number of para-hydroxylation sites is 1. The van der Waals surface area contributed by atoms with Gasteiger partial charge in [0.15, 0.2) is 0 Å². The van der Waals surface area contributed by atoms with E-state index in [-0.39, 0.29) is 23.6 Å². The van der Waals surface area contributed by atoms with Crippen LogP contribution < -0.4 is 5.32 Å². The average Bonchev–Trinajstić information content (AvgIpc) is 3.17. The molecule has 1 aromatic carbocycles. The number of hydrogen-bond acceptors (Lipinski definition) is 5. The summed E-state index contributed by atoms with van der Waals surface area (Å²) < 4.78 is 13.3. The molecule has 3 aromatic rings. The second-order valence-electron chi connectivity index (χ2n) is 9.95. The van der Waals surface area contributed by atoms with Crippen molar-refractivity contribution in [1.29, 1.82) is 0 Å². The highest BCUT2D eigenvalue weighted by atomic mass is 16.5. The number of fused-ring (bicyclic) bond motifs is 3. The lowest BCUT2D eigenvalue weighted by molar-refractivity contribution is 0.0728. The molecule has 0 aliphatic carbocycles. The molecule has 3 heterocycles. The van der Waals surface area contributed by atoms with Gasteiger partial charge in [-0.1, -0.05) is 45.9 Å². The van der Waals surface area contributed by atoms with Crippen LogP contribution >= 0.6 is 0 Å². The summed E-state index contributed by atoms with van der Waals surface area (Å²) >= 11 is 0. The first-order valence-electron chi connectivity index (χ1n) is 12.1. The quantitative estimate of drug-likeness (QED) is 0.484. The van der Waals surface area contributed by atoms with Crippen LogP contribution in [0.2, 0.25) is 0 Å². The Bertz CT molecular complexity index is 1100. The van der Waals surface area contributed by atoms with Gasteiger partial charge in [-0.3, -0.25) is 4.98 Å². The molecule has 1 atom stereocenters. The largest absolute Gasteiger partial charge is 0.450 e. The van der Waals surface area contributed by atoms with Gasteiger partial charge in [0.25, 0.3) is 0 Å². The summed E-state index contributed by atoms with van der Waals surface area (Å²) in [6.07, 6.45) is 5.78. The van der Waals surface area contributed by atoms with Gasteiger partial charge in [0.05, 0.1) is 23.8 Å². The molecule has 0 spiro atoms. The predicted molar refractivity (Wildman–Crippen MR) is 130 cm³/mol. The van der Waals surface area contributed by atoms with Crippen molar-refractivity contribution in [2.24, 2.45) is 5.41 Å². The van der Waals surface area contributed by atoms with E-state index in [1.54, 1.807) is 0 Å². The summed E-state index contributed by atoms with van der Waals surface area (Å²) in [4.78, 5) is 21.8. The normalized spacial score (nSPS) is 16.2. The molecule has 1 aliphatic rings. The Morgan fingerprint density at radius 2 is 2.00 bits per heavy atom. The van der Waals surface area contributed by atoms with E-state index in [4.69, 9.17) is 14.5 Å². The molecule has 4 rings (SSSR count). The van der Waals surface area contributed by atoms with Crippen molar-refractivity contribution in [3.63, 3.8) is 0 Å². The van der Waals surface area contributed by atoms with Gasteiger partial charge in [-0.15, -0.1) is 0 Å². The number of nitrogens with zero attached hydrogens (tertiary/aromatic N) is 3. The van der Waals surface area contributed by atoms with Crippen molar-refractivity contribution in [2.45, 2.75) is 71.9 Å². The molecule has 0 saturated carbocycles. The minimum atomic E-state index is -0.325. The number of ether oxygens (including phenoxy) is 2. The van der Waals surface area contributed by atoms with Gasteiger partial charge >= 0.3 is 6.09 Å². The molecule has 0 radical (unpaired) electrons. The third-order valence-corrected chi connectivity index (χ3v) is 6.52. The maximum absolute atomic E-state index is 12.2. The van der Waals surface area contributed by atoms with Crippen LogP contribution in [-0.2, 0) is 15.9 Å². The van der Waals surface area contributed by atoms with Gasteiger partial charge < -0.3 is 19.4 Å². The third kappa shape index (κ3) is 5.29. The Labute approximate surface area is 195 Å². The highest BCUT2D eigenvalue weighted by molar-refractivity contribution is 6.02. The molecule has 1 fully saturated rings. The number of aryl methyl sites for hydroxylation is 1. The fraction of sp³-hybridized carbons (Fsp3) is 0.577. The van der Waals surface area contributed by atoms with Crippen molar-refractivity contribution >= 4 is 28.0 Å². The number of carbonyl (C=O) groups is 1. The second kappa shape index (κ2) is 10.1.